The topological polar surface area (TPSA) is 43.1 Å². The zero-order valence-electron chi connectivity index (χ0n) is 9.09. The summed E-state index contributed by atoms with van der Waals surface area (Å²) in [5, 5.41) is 0. The number of carbonyl (C=O) groups excluding carboxylic acids is 1. The number of aryl methyl sites for hydroxylation is 1. The minimum atomic E-state index is -0.302. The number of hydrogen-bond acceptors (Lipinski definition) is 2. The quantitative estimate of drug-likeness (QED) is 0.822. The van der Waals surface area contributed by atoms with Gasteiger partial charge in [-0.15, -0.1) is 0 Å². The summed E-state index contributed by atoms with van der Waals surface area (Å²) in [7, 11) is 0. The predicted molar refractivity (Wildman–Crippen MR) is 58.1 cm³/mol. The first-order valence-corrected chi connectivity index (χ1v) is 5.02. The molecule has 0 amide bonds. The maximum absolute atomic E-state index is 12.9. The molecule has 82 valence electrons. The van der Waals surface area contributed by atoms with E-state index in [4.69, 9.17) is 5.73 Å². The molecular weight excluding hydrogens is 193 g/mol. The third kappa shape index (κ3) is 3.13. The van der Waals surface area contributed by atoms with Gasteiger partial charge in [0.15, 0.2) is 0 Å². The lowest BCUT2D eigenvalue weighted by molar-refractivity contribution is -0.121. The third-order valence-electron chi connectivity index (χ3n) is 2.58. The van der Waals surface area contributed by atoms with E-state index in [0.29, 0.717) is 6.54 Å². The van der Waals surface area contributed by atoms with Gasteiger partial charge >= 0.3 is 0 Å². The van der Waals surface area contributed by atoms with Crippen LogP contribution in [-0.4, -0.2) is 12.3 Å². The molecule has 0 aliphatic rings. The standard InChI is InChI=1S/C12H16FNO/c1-8-3-4-11(13)5-10(8)6-12(15)9(2)7-14/h3-5,9H,6-7,14H2,1-2H3. The number of hydrogen-bond donors (Lipinski definition) is 1. The summed E-state index contributed by atoms with van der Waals surface area (Å²) in [6.07, 6.45) is 0.266. The summed E-state index contributed by atoms with van der Waals surface area (Å²) in [5.74, 6) is -0.400. The van der Waals surface area contributed by atoms with E-state index in [-0.39, 0.29) is 23.9 Å². The molecule has 0 bridgehead atoms. The molecule has 0 spiro atoms. The molecule has 2 nitrogen and oxygen atoms in total. The second-order valence-electron chi connectivity index (χ2n) is 3.85. The average Bonchev–Trinajstić information content (AvgIpc) is 2.22. The van der Waals surface area contributed by atoms with E-state index < -0.39 is 0 Å². The molecule has 0 heterocycles. The van der Waals surface area contributed by atoms with Crippen molar-refractivity contribution in [2.45, 2.75) is 20.3 Å². The Labute approximate surface area is 89.3 Å². The number of benzene rings is 1. The molecule has 3 heteroatoms. The number of Topliss-reactive ketones (excluding diaryl/α,β-unsaturated/α-hetero) is 1. The lowest BCUT2D eigenvalue weighted by Crippen LogP contribution is -2.22. The zero-order valence-corrected chi connectivity index (χ0v) is 9.09. The first-order valence-electron chi connectivity index (χ1n) is 5.02. The number of ketones is 1. The second-order valence-corrected chi connectivity index (χ2v) is 3.85. The highest BCUT2D eigenvalue weighted by molar-refractivity contribution is 5.83. The Morgan fingerprint density at radius 1 is 1.53 bits per heavy atom. The fourth-order valence-electron chi connectivity index (χ4n) is 1.32. The van der Waals surface area contributed by atoms with Crippen LogP contribution in [0.1, 0.15) is 18.1 Å². The fourth-order valence-corrected chi connectivity index (χ4v) is 1.32. The summed E-state index contributed by atoms with van der Waals surface area (Å²) >= 11 is 0. The SMILES string of the molecule is Cc1ccc(F)cc1CC(=O)C(C)CN. The molecule has 0 saturated heterocycles. The highest BCUT2D eigenvalue weighted by Crippen LogP contribution is 2.13. The van der Waals surface area contributed by atoms with Crippen molar-refractivity contribution in [2.24, 2.45) is 11.7 Å². The van der Waals surface area contributed by atoms with Crippen LogP contribution >= 0.6 is 0 Å². The minimum absolute atomic E-state index is 0.0613. The van der Waals surface area contributed by atoms with E-state index in [1.807, 2.05) is 6.92 Å². The van der Waals surface area contributed by atoms with Gasteiger partial charge in [0.2, 0.25) is 0 Å². The van der Waals surface area contributed by atoms with Crippen LogP contribution < -0.4 is 5.73 Å². The molecule has 0 fully saturated rings. The first-order chi connectivity index (χ1) is 7.04. The van der Waals surface area contributed by atoms with E-state index in [0.717, 1.165) is 11.1 Å². The van der Waals surface area contributed by atoms with E-state index in [2.05, 4.69) is 0 Å². The molecule has 1 unspecified atom stereocenters. The molecule has 0 aromatic heterocycles. The van der Waals surface area contributed by atoms with Crippen LogP contribution in [0.5, 0.6) is 0 Å². The molecule has 2 N–H and O–H groups in total. The second kappa shape index (κ2) is 5.03. The summed E-state index contributed by atoms with van der Waals surface area (Å²) in [6, 6.07) is 4.50. The first kappa shape index (κ1) is 11.9. The van der Waals surface area contributed by atoms with Crippen molar-refractivity contribution in [2.75, 3.05) is 6.54 Å². The number of carbonyl (C=O) groups is 1. The minimum Gasteiger partial charge on any atom is -0.330 e. The van der Waals surface area contributed by atoms with E-state index in [1.165, 1.54) is 12.1 Å². The number of halogens is 1. The molecule has 1 aromatic carbocycles. The Hall–Kier alpha value is -1.22. The van der Waals surface area contributed by atoms with Crippen molar-refractivity contribution in [1.82, 2.24) is 0 Å². The lowest BCUT2D eigenvalue weighted by Gasteiger charge is -2.09. The molecule has 1 rings (SSSR count). The maximum Gasteiger partial charge on any atom is 0.141 e. The molecule has 15 heavy (non-hydrogen) atoms. The molecule has 0 saturated carbocycles. The van der Waals surface area contributed by atoms with Crippen LogP contribution in [0.25, 0.3) is 0 Å². The van der Waals surface area contributed by atoms with Crippen LogP contribution in [0, 0.1) is 18.7 Å². The van der Waals surface area contributed by atoms with E-state index in [1.54, 1.807) is 13.0 Å². The van der Waals surface area contributed by atoms with E-state index >= 15 is 0 Å². The smallest absolute Gasteiger partial charge is 0.141 e. The fraction of sp³-hybridized carbons (Fsp3) is 0.417. The van der Waals surface area contributed by atoms with Crippen molar-refractivity contribution in [3.05, 3.63) is 35.1 Å². The molecule has 0 radical (unpaired) electrons. The van der Waals surface area contributed by atoms with Gasteiger partial charge in [0.1, 0.15) is 11.6 Å². The number of nitrogens with two attached hydrogens (primary N) is 1. The summed E-state index contributed by atoms with van der Waals surface area (Å²) in [5.41, 5.74) is 7.09. The van der Waals surface area contributed by atoms with Gasteiger partial charge in [0.25, 0.3) is 0 Å². The summed E-state index contributed by atoms with van der Waals surface area (Å²) < 4.78 is 12.9. The largest absolute Gasteiger partial charge is 0.330 e. The lowest BCUT2D eigenvalue weighted by atomic mass is 9.97. The molecule has 1 aromatic rings. The van der Waals surface area contributed by atoms with Crippen LogP contribution in [0.2, 0.25) is 0 Å². The summed E-state index contributed by atoms with van der Waals surface area (Å²) in [6.45, 7) is 4.00. The maximum atomic E-state index is 12.9. The van der Waals surface area contributed by atoms with Crippen molar-refractivity contribution in [3.63, 3.8) is 0 Å². The van der Waals surface area contributed by atoms with Gasteiger partial charge in [-0.2, -0.15) is 0 Å². The average molecular weight is 209 g/mol. The molecule has 0 aliphatic heterocycles. The predicted octanol–water partition coefficient (Wildman–Crippen LogP) is 1.84. The normalized spacial score (nSPS) is 12.5. The van der Waals surface area contributed by atoms with Gasteiger partial charge in [-0.05, 0) is 30.2 Å². The zero-order chi connectivity index (χ0) is 11.4. The Bertz CT molecular complexity index is 363. The van der Waals surface area contributed by atoms with Crippen LogP contribution in [-0.2, 0) is 11.2 Å². The van der Waals surface area contributed by atoms with Crippen molar-refractivity contribution in [3.8, 4) is 0 Å². The Morgan fingerprint density at radius 3 is 2.80 bits per heavy atom. The van der Waals surface area contributed by atoms with Gasteiger partial charge in [-0.1, -0.05) is 13.0 Å². The highest BCUT2D eigenvalue weighted by atomic mass is 19.1. The van der Waals surface area contributed by atoms with Gasteiger partial charge in [-0.3, -0.25) is 4.79 Å². The van der Waals surface area contributed by atoms with Gasteiger partial charge in [0.05, 0.1) is 0 Å². The molecule has 0 aliphatic carbocycles. The molecular formula is C12H16FNO. The summed E-state index contributed by atoms with van der Waals surface area (Å²) in [4.78, 5) is 11.6. The van der Waals surface area contributed by atoms with Gasteiger partial charge in [-0.25, -0.2) is 4.39 Å². The van der Waals surface area contributed by atoms with Crippen LogP contribution in [0.15, 0.2) is 18.2 Å². The van der Waals surface area contributed by atoms with Gasteiger partial charge in [0, 0.05) is 18.9 Å². The van der Waals surface area contributed by atoms with Crippen LogP contribution in [0.3, 0.4) is 0 Å². The third-order valence-corrected chi connectivity index (χ3v) is 2.58. The van der Waals surface area contributed by atoms with E-state index in [9.17, 15) is 9.18 Å². The molecule has 1 atom stereocenters. The van der Waals surface area contributed by atoms with Crippen LogP contribution in [0.4, 0.5) is 4.39 Å². The Morgan fingerprint density at radius 2 is 2.20 bits per heavy atom. The Kier molecular flexibility index (Phi) is 3.97. The highest BCUT2D eigenvalue weighted by Gasteiger charge is 2.13. The monoisotopic (exact) mass is 209 g/mol. The number of rotatable bonds is 4. The van der Waals surface area contributed by atoms with Crippen molar-refractivity contribution < 1.29 is 9.18 Å². The Balaban J connectivity index is 2.80. The van der Waals surface area contributed by atoms with Crippen molar-refractivity contribution in [1.29, 1.82) is 0 Å². The van der Waals surface area contributed by atoms with Gasteiger partial charge < -0.3 is 5.73 Å². The van der Waals surface area contributed by atoms with Crippen molar-refractivity contribution >= 4 is 5.78 Å².